The van der Waals surface area contributed by atoms with Gasteiger partial charge in [-0.25, -0.2) is 0 Å². The average molecular weight is 329 g/mol. The summed E-state index contributed by atoms with van der Waals surface area (Å²) in [6.07, 6.45) is 8.90. The zero-order valence-corrected chi connectivity index (χ0v) is 14.3. The molecular formula is C21H20BNO2. The van der Waals surface area contributed by atoms with E-state index in [-0.39, 0.29) is 11.5 Å². The van der Waals surface area contributed by atoms with Gasteiger partial charge in [-0.1, -0.05) is 68.5 Å². The first-order valence-electron chi connectivity index (χ1n) is 8.78. The number of hydrogen-bond acceptors (Lipinski definition) is 2. The Kier molecular flexibility index (Phi) is 2.92. The van der Waals surface area contributed by atoms with Crippen molar-refractivity contribution in [3.63, 3.8) is 0 Å². The minimum absolute atomic E-state index is 0.0368. The van der Waals surface area contributed by atoms with Gasteiger partial charge in [0.05, 0.1) is 11.6 Å². The fourth-order valence-electron chi connectivity index (χ4n) is 4.80. The second kappa shape index (κ2) is 4.87. The van der Waals surface area contributed by atoms with Crippen LogP contribution in [0.25, 0.3) is 21.8 Å². The van der Waals surface area contributed by atoms with E-state index in [0.29, 0.717) is 11.4 Å². The second-order valence-electron chi connectivity index (χ2n) is 7.73. The molecule has 2 aliphatic rings. The Morgan fingerprint density at radius 3 is 2.60 bits per heavy atom. The molecule has 2 N–H and O–H groups in total. The number of aromatic nitrogens is 1. The van der Waals surface area contributed by atoms with E-state index in [1.807, 2.05) is 18.2 Å². The van der Waals surface area contributed by atoms with Crippen LogP contribution in [0.5, 0.6) is 0 Å². The molecule has 3 nitrogen and oxygen atoms in total. The molecule has 0 saturated carbocycles. The van der Waals surface area contributed by atoms with Crippen LogP contribution in [0.3, 0.4) is 0 Å². The predicted molar refractivity (Wildman–Crippen MR) is 103 cm³/mol. The smallest absolute Gasteiger partial charge is 0.423 e. The van der Waals surface area contributed by atoms with Gasteiger partial charge in [0.25, 0.3) is 0 Å². The summed E-state index contributed by atoms with van der Waals surface area (Å²) in [6, 6.07) is 12.5. The molecule has 2 unspecified atom stereocenters. The number of rotatable bonds is 1. The Morgan fingerprint density at radius 1 is 1.00 bits per heavy atom. The summed E-state index contributed by atoms with van der Waals surface area (Å²) < 4.78 is 2.43. The highest BCUT2D eigenvalue weighted by Gasteiger charge is 2.42. The summed E-state index contributed by atoms with van der Waals surface area (Å²) in [5.41, 5.74) is 4.35. The van der Waals surface area contributed by atoms with Gasteiger partial charge in [-0.15, -0.1) is 0 Å². The molecule has 1 aliphatic heterocycles. The summed E-state index contributed by atoms with van der Waals surface area (Å²) in [5, 5.41) is 21.4. The zero-order valence-electron chi connectivity index (χ0n) is 14.3. The third-order valence-electron chi connectivity index (χ3n) is 6.08. The van der Waals surface area contributed by atoms with Gasteiger partial charge >= 0.3 is 7.12 Å². The fraction of sp³-hybridized carbons (Fsp3) is 0.238. The zero-order chi connectivity index (χ0) is 17.3. The molecule has 25 heavy (non-hydrogen) atoms. The highest BCUT2D eigenvalue weighted by atomic mass is 16.4. The standard InChI is InChI=1S/C21H20BNO2/c1-21(2)16-7-3-4-9-19(16)23-18-11-10-13(22(24)25)12-15(18)14-6-5-8-17(21)20(14)23/h3-12,16,19,24-25H,1-2H3. The summed E-state index contributed by atoms with van der Waals surface area (Å²) in [5.74, 6) is 0.398. The largest absolute Gasteiger partial charge is 0.488 e. The molecule has 4 heteroatoms. The lowest BCUT2D eigenvalue weighted by Gasteiger charge is -2.44. The third kappa shape index (κ3) is 1.84. The molecule has 0 amide bonds. The molecule has 0 radical (unpaired) electrons. The van der Waals surface area contributed by atoms with Crippen LogP contribution in [0.1, 0.15) is 25.5 Å². The van der Waals surface area contributed by atoms with Crippen LogP contribution in [0, 0.1) is 5.92 Å². The summed E-state index contributed by atoms with van der Waals surface area (Å²) >= 11 is 0. The quantitative estimate of drug-likeness (QED) is 0.674. The Bertz CT molecular complexity index is 1070. The molecular weight excluding hydrogens is 309 g/mol. The van der Waals surface area contributed by atoms with Gasteiger partial charge < -0.3 is 14.6 Å². The van der Waals surface area contributed by atoms with Crippen LogP contribution in [-0.4, -0.2) is 21.7 Å². The molecule has 124 valence electrons. The van der Waals surface area contributed by atoms with Gasteiger partial charge in [-0.3, -0.25) is 0 Å². The molecule has 3 aromatic rings. The maximum atomic E-state index is 9.59. The normalized spacial score (nSPS) is 23.2. The van der Waals surface area contributed by atoms with Crippen molar-refractivity contribution in [3.8, 4) is 0 Å². The van der Waals surface area contributed by atoms with Gasteiger partial charge in [0, 0.05) is 27.6 Å². The number of allylic oxidation sites excluding steroid dienone is 4. The molecule has 2 aromatic carbocycles. The van der Waals surface area contributed by atoms with Gasteiger partial charge in [-0.2, -0.15) is 0 Å². The van der Waals surface area contributed by atoms with Gasteiger partial charge in [-0.05, 0) is 17.1 Å². The summed E-state index contributed by atoms with van der Waals surface area (Å²) in [4.78, 5) is 0. The number of nitrogens with zero attached hydrogens (tertiary/aromatic N) is 1. The van der Waals surface area contributed by atoms with Gasteiger partial charge in [0.15, 0.2) is 0 Å². The average Bonchev–Trinajstić information content (AvgIpc) is 2.94. The lowest BCUT2D eigenvalue weighted by Crippen LogP contribution is -2.38. The lowest BCUT2D eigenvalue weighted by molar-refractivity contribution is 0.294. The van der Waals surface area contributed by atoms with Crippen molar-refractivity contribution >= 4 is 34.4 Å². The van der Waals surface area contributed by atoms with Crippen LogP contribution in [0.4, 0.5) is 0 Å². The van der Waals surface area contributed by atoms with Crippen LogP contribution in [0.15, 0.2) is 60.7 Å². The van der Waals surface area contributed by atoms with Crippen molar-refractivity contribution in [1.82, 2.24) is 4.57 Å². The SMILES string of the molecule is CC1(C)c2cccc3c4cc(B(O)O)ccc4n(c23)C2C=CC=CC21. The van der Waals surface area contributed by atoms with E-state index < -0.39 is 7.12 Å². The molecule has 1 aromatic heterocycles. The van der Waals surface area contributed by atoms with Crippen molar-refractivity contribution in [3.05, 3.63) is 66.3 Å². The minimum atomic E-state index is -1.45. The van der Waals surface area contributed by atoms with Crippen molar-refractivity contribution in [2.24, 2.45) is 5.92 Å². The molecule has 2 atom stereocenters. The van der Waals surface area contributed by atoms with E-state index in [1.54, 1.807) is 0 Å². The van der Waals surface area contributed by atoms with E-state index in [2.05, 4.69) is 60.9 Å². The van der Waals surface area contributed by atoms with Crippen LogP contribution >= 0.6 is 0 Å². The summed E-state index contributed by atoms with van der Waals surface area (Å²) in [7, 11) is -1.45. The Balaban J connectivity index is 1.96. The van der Waals surface area contributed by atoms with Crippen LogP contribution in [0.2, 0.25) is 0 Å². The van der Waals surface area contributed by atoms with E-state index in [1.165, 1.54) is 16.5 Å². The Hall–Kier alpha value is -2.30. The molecule has 0 saturated heterocycles. The highest BCUT2D eigenvalue weighted by molar-refractivity contribution is 6.59. The maximum Gasteiger partial charge on any atom is 0.488 e. The van der Waals surface area contributed by atoms with E-state index >= 15 is 0 Å². The topological polar surface area (TPSA) is 45.4 Å². The van der Waals surface area contributed by atoms with E-state index in [9.17, 15) is 10.0 Å². The third-order valence-corrected chi connectivity index (χ3v) is 6.08. The molecule has 0 spiro atoms. The van der Waals surface area contributed by atoms with E-state index in [4.69, 9.17) is 0 Å². The maximum absolute atomic E-state index is 9.59. The Labute approximate surface area is 147 Å². The van der Waals surface area contributed by atoms with Crippen molar-refractivity contribution in [2.75, 3.05) is 0 Å². The lowest BCUT2D eigenvalue weighted by atomic mass is 9.66. The van der Waals surface area contributed by atoms with Gasteiger partial charge in [0.1, 0.15) is 0 Å². The van der Waals surface area contributed by atoms with Crippen molar-refractivity contribution < 1.29 is 10.0 Å². The van der Waals surface area contributed by atoms with Crippen LogP contribution < -0.4 is 5.46 Å². The number of para-hydroxylation sites is 1. The number of hydrogen-bond donors (Lipinski definition) is 2. The van der Waals surface area contributed by atoms with Crippen molar-refractivity contribution in [2.45, 2.75) is 25.3 Å². The monoisotopic (exact) mass is 329 g/mol. The minimum Gasteiger partial charge on any atom is -0.423 e. The number of fused-ring (bicyclic) bond motifs is 5. The Morgan fingerprint density at radius 2 is 1.80 bits per heavy atom. The second-order valence-corrected chi connectivity index (χ2v) is 7.73. The molecule has 5 rings (SSSR count). The predicted octanol–water partition coefficient (Wildman–Crippen LogP) is 3.05. The molecule has 0 fully saturated rings. The van der Waals surface area contributed by atoms with Crippen molar-refractivity contribution in [1.29, 1.82) is 0 Å². The molecule has 2 heterocycles. The summed E-state index contributed by atoms with van der Waals surface area (Å²) in [6.45, 7) is 4.65. The molecule has 1 aliphatic carbocycles. The fourth-order valence-corrected chi connectivity index (χ4v) is 4.80. The first-order chi connectivity index (χ1) is 12.0. The molecule has 0 bridgehead atoms. The number of benzene rings is 2. The van der Waals surface area contributed by atoms with E-state index in [0.717, 1.165) is 10.9 Å². The highest BCUT2D eigenvalue weighted by Crippen LogP contribution is 2.51. The first-order valence-corrected chi connectivity index (χ1v) is 8.78. The van der Waals surface area contributed by atoms with Crippen LogP contribution in [-0.2, 0) is 5.41 Å². The first kappa shape index (κ1) is 15.0. The van der Waals surface area contributed by atoms with Gasteiger partial charge in [0.2, 0.25) is 0 Å².